The molecule has 0 saturated carbocycles. The molecule has 1 aromatic carbocycles. The minimum Gasteiger partial charge on any atom is -0.503 e. The standard InChI is InChI=1S/C12H17F2NO/c1-2-3-4-5-15-8-9-6-10(13)12(16)11(14)7-9/h6-7,15-16H,2-5,8H2,1H3. The molecular formula is C12H17F2NO. The number of unbranched alkanes of at least 4 members (excludes halogenated alkanes) is 2. The molecule has 0 bridgehead atoms. The van der Waals surface area contributed by atoms with E-state index in [1.54, 1.807) is 0 Å². The van der Waals surface area contributed by atoms with E-state index in [4.69, 9.17) is 5.11 Å². The molecule has 0 radical (unpaired) electrons. The fourth-order valence-electron chi connectivity index (χ4n) is 1.45. The molecule has 0 amide bonds. The van der Waals surface area contributed by atoms with Gasteiger partial charge in [-0.1, -0.05) is 19.8 Å². The number of aromatic hydroxyl groups is 1. The van der Waals surface area contributed by atoms with Crippen LogP contribution in [0.15, 0.2) is 12.1 Å². The highest BCUT2D eigenvalue weighted by atomic mass is 19.1. The Bertz CT molecular complexity index is 319. The highest BCUT2D eigenvalue weighted by Crippen LogP contribution is 2.21. The Hall–Kier alpha value is -1.16. The van der Waals surface area contributed by atoms with E-state index >= 15 is 0 Å². The number of phenolic OH excluding ortho intramolecular Hbond substituents is 1. The van der Waals surface area contributed by atoms with Gasteiger partial charge < -0.3 is 10.4 Å². The number of hydrogen-bond donors (Lipinski definition) is 2. The molecule has 2 N–H and O–H groups in total. The first kappa shape index (κ1) is 12.9. The van der Waals surface area contributed by atoms with Crippen molar-refractivity contribution in [2.75, 3.05) is 6.54 Å². The summed E-state index contributed by atoms with van der Waals surface area (Å²) in [5.41, 5.74) is 0.504. The normalized spacial score (nSPS) is 10.7. The van der Waals surface area contributed by atoms with Crippen molar-refractivity contribution < 1.29 is 13.9 Å². The molecule has 0 fully saturated rings. The number of hydrogen-bond acceptors (Lipinski definition) is 2. The summed E-state index contributed by atoms with van der Waals surface area (Å²) >= 11 is 0. The van der Waals surface area contributed by atoms with Gasteiger partial charge in [-0.2, -0.15) is 0 Å². The Morgan fingerprint density at radius 2 is 1.81 bits per heavy atom. The average molecular weight is 229 g/mol. The van der Waals surface area contributed by atoms with Gasteiger partial charge in [-0.05, 0) is 30.7 Å². The van der Waals surface area contributed by atoms with E-state index in [1.165, 1.54) is 0 Å². The molecule has 1 rings (SSSR count). The van der Waals surface area contributed by atoms with Crippen molar-refractivity contribution >= 4 is 0 Å². The highest BCUT2D eigenvalue weighted by molar-refractivity contribution is 5.29. The minimum atomic E-state index is -0.912. The Labute approximate surface area is 94.3 Å². The van der Waals surface area contributed by atoms with E-state index < -0.39 is 17.4 Å². The zero-order valence-electron chi connectivity index (χ0n) is 9.39. The summed E-state index contributed by atoms with van der Waals surface area (Å²) in [5, 5.41) is 12.0. The van der Waals surface area contributed by atoms with Crippen molar-refractivity contribution in [2.45, 2.75) is 32.7 Å². The number of halogens is 2. The van der Waals surface area contributed by atoms with Crippen molar-refractivity contribution in [1.29, 1.82) is 0 Å². The van der Waals surface area contributed by atoms with Gasteiger partial charge in [-0.3, -0.25) is 0 Å². The van der Waals surface area contributed by atoms with Crippen molar-refractivity contribution in [3.05, 3.63) is 29.3 Å². The third-order valence-corrected chi connectivity index (χ3v) is 2.36. The smallest absolute Gasteiger partial charge is 0.187 e. The van der Waals surface area contributed by atoms with Crippen LogP contribution in [0.4, 0.5) is 8.78 Å². The van der Waals surface area contributed by atoms with Crippen LogP contribution in [0.5, 0.6) is 5.75 Å². The molecule has 16 heavy (non-hydrogen) atoms. The monoisotopic (exact) mass is 229 g/mol. The van der Waals surface area contributed by atoms with Gasteiger partial charge in [0.1, 0.15) is 0 Å². The summed E-state index contributed by atoms with van der Waals surface area (Å²) in [6.07, 6.45) is 3.34. The van der Waals surface area contributed by atoms with E-state index in [9.17, 15) is 8.78 Å². The van der Waals surface area contributed by atoms with E-state index in [2.05, 4.69) is 12.2 Å². The fraction of sp³-hybridized carbons (Fsp3) is 0.500. The first-order valence-corrected chi connectivity index (χ1v) is 5.52. The number of phenols is 1. The predicted molar refractivity (Wildman–Crippen MR) is 59.3 cm³/mol. The lowest BCUT2D eigenvalue weighted by Crippen LogP contribution is -2.14. The third kappa shape index (κ3) is 3.77. The molecule has 0 aliphatic rings. The van der Waals surface area contributed by atoms with Crippen molar-refractivity contribution in [3.8, 4) is 5.75 Å². The molecule has 0 unspecified atom stereocenters. The molecule has 90 valence electrons. The van der Waals surface area contributed by atoms with Gasteiger partial charge in [-0.15, -0.1) is 0 Å². The topological polar surface area (TPSA) is 32.3 Å². The quantitative estimate of drug-likeness (QED) is 0.735. The van der Waals surface area contributed by atoms with Gasteiger partial charge in [0.2, 0.25) is 0 Å². The number of benzene rings is 1. The Kier molecular flexibility index (Phi) is 5.19. The second kappa shape index (κ2) is 6.43. The maximum atomic E-state index is 13.0. The van der Waals surface area contributed by atoms with Crippen LogP contribution < -0.4 is 5.32 Å². The first-order chi connectivity index (χ1) is 7.65. The molecular weight excluding hydrogens is 212 g/mol. The summed E-state index contributed by atoms with van der Waals surface area (Å²) in [5.74, 6) is -2.73. The van der Waals surface area contributed by atoms with Crippen LogP contribution in [0.2, 0.25) is 0 Å². The molecule has 0 aromatic heterocycles. The molecule has 0 aliphatic heterocycles. The molecule has 0 aliphatic carbocycles. The minimum absolute atomic E-state index is 0.415. The van der Waals surface area contributed by atoms with Crippen LogP contribution in [0.3, 0.4) is 0 Å². The second-order valence-corrected chi connectivity index (χ2v) is 3.79. The van der Waals surface area contributed by atoms with Gasteiger partial charge in [0, 0.05) is 6.54 Å². The second-order valence-electron chi connectivity index (χ2n) is 3.79. The van der Waals surface area contributed by atoms with Crippen LogP contribution >= 0.6 is 0 Å². The molecule has 1 aromatic rings. The molecule has 0 atom stereocenters. The Morgan fingerprint density at radius 1 is 1.19 bits per heavy atom. The molecule has 0 heterocycles. The van der Waals surface area contributed by atoms with E-state index in [0.29, 0.717) is 12.1 Å². The van der Waals surface area contributed by atoms with Crippen molar-refractivity contribution in [3.63, 3.8) is 0 Å². The molecule has 4 heteroatoms. The largest absolute Gasteiger partial charge is 0.503 e. The zero-order chi connectivity index (χ0) is 12.0. The summed E-state index contributed by atoms with van der Waals surface area (Å²) in [4.78, 5) is 0. The van der Waals surface area contributed by atoms with Gasteiger partial charge >= 0.3 is 0 Å². The molecule has 2 nitrogen and oxygen atoms in total. The van der Waals surface area contributed by atoms with Crippen LogP contribution in [0, 0.1) is 11.6 Å². The third-order valence-electron chi connectivity index (χ3n) is 2.36. The van der Waals surface area contributed by atoms with E-state index in [0.717, 1.165) is 37.9 Å². The zero-order valence-corrected chi connectivity index (χ0v) is 9.39. The summed E-state index contributed by atoms with van der Waals surface area (Å²) in [6, 6.07) is 2.29. The van der Waals surface area contributed by atoms with Gasteiger partial charge in [-0.25, -0.2) is 8.78 Å². The predicted octanol–water partition coefficient (Wildman–Crippen LogP) is 2.95. The summed E-state index contributed by atoms with van der Waals surface area (Å²) < 4.78 is 25.9. The lowest BCUT2D eigenvalue weighted by molar-refractivity contribution is 0.395. The fourth-order valence-corrected chi connectivity index (χ4v) is 1.45. The maximum Gasteiger partial charge on any atom is 0.187 e. The van der Waals surface area contributed by atoms with E-state index in [-0.39, 0.29) is 0 Å². The number of nitrogens with one attached hydrogen (secondary N) is 1. The maximum absolute atomic E-state index is 13.0. The van der Waals surface area contributed by atoms with Crippen LogP contribution in [-0.2, 0) is 6.54 Å². The highest BCUT2D eigenvalue weighted by Gasteiger charge is 2.08. The van der Waals surface area contributed by atoms with E-state index in [1.807, 2.05) is 0 Å². The van der Waals surface area contributed by atoms with Crippen LogP contribution in [0.25, 0.3) is 0 Å². The first-order valence-electron chi connectivity index (χ1n) is 5.52. The van der Waals surface area contributed by atoms with Gasteiger partial charge in [0.05, 0.1) is 0 Å². The molecule has 0 saturated heterocycles. The van der Waals surface area contributed by atoms with Crippen molar-refractivity contribution in [1.82, 2.24) is 5.32 Å². The Balaban J connectivity index is 2.43. The SMILES string of the molecule is CCCCCNCc1cc(F)c(O)c(F)c1. The average Bonchev–Trinajstić information content (AvgIpc) is 2.25. The van der Waals surface area contributed by atoms with Gasteiger partial charge in [0.15, 0.2) is 17.4 Å². The Morgan fingerprint density at radius 3 is 2.38 bits per heavy atom. The van der Waals surface area contributed by atoms with Gasteiger partial charge in [0.25, 0.3) is 0 Å². The lowest BCUT2D eigenvalue weighted by Gasteiger charge is -2.06. The summed E-state index contributed by atoms with van der Waals surface area (Å²) in [6.45, 7) is 3.36. The van der Waals surface area contributed by atoms with Crippen LogP contribution in [-0.4, -0.2) is 11.7 Å². The molecule has 0 spiro atoms. The number of rotatable bonds is 6. The summed E-state index contributed by atoms with van der Waals surface area (Å²) in [7, 11) is 0. The van der Waals surface area contributed by atoms with Crippen molar-refractivity contribution in [2.24, 2.45) is 0 Å². The van der Waals surface area contributed by atoms with Crippen LogP contribution in [0.1, 0.15) is 31.7 Å². The lowest BCUT2D eigenvalue weighted by atomic mass is 10.2.